The minimum Gasteiger partial charge on any atom is -0.325 e. The molecule has 136 valence electrons. The molecule has 0 atom stereocenters. The van der Waals surface area contributed by atoms with Crippen LogP contribution in [0.25, 0.3) is 11.4 Å². The molecule has 1 heterocycles. The van der Waals surface area contributed by atoms with Crippen LogP contribution in [0.5, 0.6) is 0 Å². The summed E-state index contributed by atoms with van der Waals surface area (Å²) < 4.78 is 14.8. The van der Waals surface area contributed by atoms with Crippen LogP contribution in [0.2, 0.25) is 0 Å². The van der Waals surface area contributed by atoms with Crippen LogP contribution < -0.4 is 5.32 Å². The average Bonchev–Trinajstić information content (AvgIpc) is 3.03. The summed E-state index contributed by atoms with van der Waals surface area (Å²) in [6.45, 7) is 0. The highest BCUT2D eigenvalue weighted by molar-refractivity contribution is 7.99. The van der Waals surface area contributed by atoms with Crippen molar-refractivity contribution in [1.82, 2.24) is 14.8 Å². The Morgan fingerprint density at radius 2 is 1.89 bits per heavy atom. The van der Waals surface area contributed by atoms with Crippen molar-refractivity contribution in [1.29, 1.82) is 5.26 Å². The third-order valence-corrected chi connectivity index (χ3v) is 4.81. The maximum atomic E-state index is 13.1. The predicted octanol–water partition coefficient (Wildman–Crippen LogP) is 3.42. The van der Waals surface area contributed by atoms with Crippen LogP contribution in [-0.4, -0.2) is 26.4 Å². The average molecular weight is 381 g/mol. The predicted molar refractivity (Wildman–Crippen MR) is 102 cm³/mol. The second kappa shape index (κ2) is 8.47. The van der Waals surface area contributed by atoms with E-state index in [9.17, 15) is 9.18 Å². The first-order valence-corrected chi connectivity index (χ1v) is 9.09. The van der Waals surface area contributed by atoms with Crippen molar-refractivity contribution in [3.63, 3.8) is 0 Å². The Hall–Kier alpha value is -3.18. The summed E-state index contributed by atoms with van der Waals surface area (Å²) in [6.07, 6.45) is 0.340. The van der Waals surface area contributed by atoms with E-state index in [-0.39, 0.29) is 17.5 Å². The Labute approximate surface area is 160 Å². The lowest BCUT2D eigenvalue weighted by atomic mass is 10.1. The Bertz CT molecular complexity index is 977. The van der Waals surface area contributed by atoms with E-state index >= 15 is 0 Å². The quantitative estimate of drug-likeness (QED) is 0.662. The van der Waals surface area contributed by atoms with Gasteiger partial charge < -0.3 is 9.88 Å². The molecule has 0 saturated carbocycles. The molecule has 0 spiro atoms. The van der Waals surface area contributed by atoms with Gasteiger partial charge in [0.1, 0.15) is 5.82 Å². The molecule has 0 unspecified atom stereocenters. The lowest BCUT2D eigenvalue weighted by Crippen LogP contribution is -2.14. The van der Waals surface area contributed by atoms with Gasteiger partial charge in [-0.2, -0.15) is 5.26 Å². The van der Waals surface area contributed by atoms with Crippen LogP contribution in [0, 0.1) is 17.1 Å². The molecule has 0 saturated heterocycles. The Kier molecular flexibility index (Phi) is 5.84. The number of nitrogens with zero attached hydrogens (tertiary/aromatic N) is 4. The molecule has 0 aliphatic carbocycles. The number of carbonyl (C=O) groups is 1. The number of benzene rings is 2. The van der Waals surface area contributed by atoms with Gasteiger partial charge in [0.05, 0.1) is 18.2 Å². The SMILES string of the molecule is Cn1c(SCC(=O)Nc2ccc(CC#N)cc2)nnc1-c1ccc(F)cc1. The highest BCUT2D eigenvalue weighted by Crippen LogP contribution is 2.23. The number of nitrogens with one attached hydrogen (secondary N) is 1. The van der Waals surface area contributed by atoms with Gasteiger partial charge in [-0.25, -0.2) is 4.39 Å². The summed E-state index contributed by atoms with van der Waals surface area (Å²) in [4.78, 5) is 12.1. The first-order valence-electron chi connectivity index (χ1n) is 8.10. The van der Waals surface area contributed by atoms with Crippen LogP contribution in [0.15, 0.2) is 53.7 Å². The van der Waals surface area contributed by atoms with Crippen molar-refractivity contribution in [3.05, 3.63) is 59.9 Å². The third-order valence-electron chi connectivity index (χ3n) is 3.79. The van der Waals surface area contributed by atoms with Crippen LogP contribution in [0.1, 0.15) is 5.56 Å². The van der Waals surface area contributed by atoms with E-state index in [0.29, 0.717) is 23.1 Å². The number of anilines is 1. The van der Waals surface area contributed by atoms with Crippen molar-refractivity contribution < 1.29 is 9.18 Å². The van der Waals surface area contributed by atoms with Crippen molar-refractivity contribution in [3.8, 4) is 17.5 Å². The van der Waals surface area contributed by atoms with Gasteiger partial charge in [-0.05, 0) is 42.0 Å². The largest absolute Gasteiger partial charge is 0.325 e. The van der Waals surface area contributed by atoms with E-state index in [1.807, 2.05) is 12.1 Å². The number of aromatic nitrogens is 3. The monoisotopic (exact) mass is 381 g/mol. The molecule has 27 heavy (non-hydrogen) atoms. The van der Waals surface area contributed by atoms with Gasteiger partial charge in [0, 0.05) is 18.3 Å². The molecule has 8 heteroatoms. The molecular weight excluding hydrogens is 365 g/mol. The Morgan fingerprint density at radius 1 is 1.19 bits per heavy atom. The minimum atomic E-state index is -0.312. The molecule has 1 N–H and O–H groups in total. The van der Waals surface area contributed by atoms with E-state index in [4.69, 9.17) is 5.26 Å². The molecule has 6 nitrogen and oxygen atoms in total. The highest BCUT2D eigenvalue weighted by Gasteiger charge is 2.13. The van der Waals surface area contributed by atoms with Gasteiger partial charge in [-0.15, -0.1) is 10.2 Å². The zero-order chi connectivity index (χ0) is 19.2. The van der Waals surface area contributed by atoms with E-state index in [1.54, 1.807) is 35.9 Å². The number of amides is 1. The summed E-state index contributed by atoms with van der Waals surface area (Å²) in [6, 6.07) is 15.2. The number of hydrogen-bond donors (Lipinski definition) is 1. The molecule has 0 fully saturated rings. The summed E-state index contributed by atoms with van der Waals surface area (Å²) in [5, 5.41) is 20.3. The van der Waals surface area contributed by atoms with Crippen molar-refractivity contribution >= 4 is 23.4 Å². The Balaban J connectivity index is 1.59. The zero-order valence-electron chi connectivity index (χ0n) is 14.5. The molecular formula is C19H16FN5OS. The first-order chi connectivity index (χ1) is 13.1. The fourth-order valence-corrected chi connectivity index (χ4v) is 3.13. The number of rotatable bonds is 6. The molecule has 3 aromatic rings. The first kappa shape index (κ1) is 18.6. The van der Waals surface area contributed by atoms with E-state index in [0.717, 1.165) is 11.1 Å². The van der Waals surface area contributed by atoms with Crippen LogP contribution in [0.4, 0.5) is 10.1 Å². The van der Waals surface area contributed by atoms with Crippen molar-refractivity contribution in [2.24, 2.45) is 7.05 Å². The minimum absolute atomic E-state index is 0.167. The van der Waals surface area contributed by atoms with Crippen molar-refractivity contribution in [2.45, 2.75) is 11.6 Å². The summed E-state index contributed by atoms with van der Waals surface area (Å²) in [5.41, 5.74) is 2.32. The second-order valence-corrected chi connectivity index (χ2v) is 6.68. The fourth-order valence-electron chi connectivity index (χ4n) is 2.42. The molecule has 1 aromatic heterocycles. The molecule has 1 amide bonds. The summed E-state index contributed by atoms with van der Waals surface area (Å²) in [7, 11) is 1.80. The maximum Gasteiger partial charge on any atom is 0.234 e. The van der Waals surface area contributed by atoms with Crippen LogP contribution in [0.3, 0.4) is 0 Å². The lowest BCUT2D eigenvalue weighted by Gasteiger charge is -2.06. The van der Waals surface area contributed by atoms with Gasteiger partial charge in [-0.3, -0.25) is 4.79 Å². The normalized spacial score (nSPS) is 10.4. The summed E-state index contributed by atoms with van der Waals surface area (Å²) in [5.74, 6) is 0.299. The molecule has 3 rings (SSSR count). The number of carbonyl (C=O) groups excluding carboxylic acids is 1. The lowest BCUT2D eigenvalue weighted by molar-refractivity contribution is -0.113. The Morgan fingerprint density at radius 3 is 2.56 bits per heavy atom. The number of halogens is 1. The van der Waals surface area contributed by atoms with Crippen LogP contribution >= 0.6 is 11.8 Å². The number of thioether (sulfide) groups is 1. The maximum absolute atomic E-state index is 13.1. The molecule has 0 radical (unpaired) electrons. The van der Waals surface area contributed by atoms with E-state index in [2.05, 4.69) is 21.6 Å². The van der Waals surface area contributed by atoms with Gasteiger partial charge in [0.2, 0.25) is 5.91 Å². The van der Waals surface area contributed by atoms with Crippen molar-refractivity contribution in [2.75, 3.05) is 11.1 Å². The van der Waals surface area contributed by atoms with Gasteiger partial charge in [-0.1, -0.05) is 23.9 Å². The van der Waals surface area contributed by atoms with E-state index < -0.39 is 0 Å². The third kappa shape index (κ3) is 4.71. The summed E-state index contributed by atoms with van der Waals surface area (Å²) >= 11 is 1.26. The molecule has 0 aliphatic heterocycles. The smallest absolute Gasteiger partial charge is 0.234 e. The molecule has 2 aromatic carbocycles. The van der Waals surface area contributed by atoms with Gasteiger partial charge >= 0.3 is 0 Å². The zero-order valence-corrected chi connectivity index (χ0v) is 15.3. The fraction of sp³-hybridized carbons (Fsp3) is 0.158. The van der Waals surface area contributed by atoms with Crippen LogP contribution in [-0.2, 0) is 18.3 Å². The van der Waals surface area contributed by atoms with Gasteiger partial charge in [0.25, 0.3) is 0 Å². The highest BCUT2D eigenvalue weighted by atomic mass is 32.2. The second-order valence-electron chi connectivity index (χ2n) is 5.74. The van der Waals surface area contributed by atoms with Gasteiger partial charge in [0.15, 0.2) is 11.0 Å². The topological polar surface area (TPSA) is 83.6 Å². The number of hydrogen-bond acceptors (Lipinski definition) is 5. The molecule has 0 aliphatic rings. The van der Waals surface area contributed by atoms with E-state index in [1.165, 1.54) is 23.9 Å². The molecule has 0 bridgehead atoms. The number of nitriles is 1. The standard InChI is InChI=1S/C19H16FN5OS/c1-25-18(14-4-6-15(20)7-5-14)23-24-19(25)27-12-17(26)22-16-8-2-13(3-9-16)10-11-21/h2-9H,10,12H2,1H3,(H,22,26).